The Morgan fingerprint density at radius 3 is 2.50 bits per heavy atom. The zero-order chi connectivity index (χ0) is 11.5. The van der Waals surface area contributed by atoms with Gasteiger partial charge in [-0.15, -0.1) is 0 Å². The fourth-order valence-corrected chi connectivity index (χ4v) is 2.86. The van der Waals surface area contributed by atoms with Crippen LogP contribution in [0.3, 0.4) is 0 Å². The molecule has 0 unspecified atom stereocenters. The lowest BCUT2D eigenvalue weighted by Gasteiger charge is -2.38. The van der Waals surface area contributed by atoms with Crippen LogP contribution in [-0.2, 0) is 4.74 Å². The number of hydrogen-bond acceptors (Lipinski definition) is 1. The lowest BCUT2D eigenvalue weighted by Crippen LogP contribution is -2.35. The standard InChI is InChI=1S/C15H23O/c1-11(2)14-9-8-12(3)10-15(14)16-13-6-4-5-7-13/h4-7,11-12,14-15H,8-10H2,1-3H3/t12-,14+,15+/m1/s1. The SMILES string of the molecule is CC(C)[C@@H]1CC[C@@H](C)C[C@@H]1O[C]1[CH][CH][CH][CH]1. The van der Waals surface area contributed by atoms with Crippen LogP contribution in [0.5, 0.6) is 0 Å². The average Bonchev–Trinajstić information content (AvgIpc) is 2.70. The van der Waals surface area contributed by atoms with Crippen molar-refractivity contribution in [2.45, 2.75) is 46.1 Å². The second-order valence-electron chi connectivity index (χ2n) is 5.60. The second kappa shape index (κ2) is 5.53. The summed E-state index contributed by atoms with van der Waals surface area (Å²) in [6.07, 6.45) is 13.6. The minimum Gasteiger partial charge on any atom is -0.368 e. The topological polar surface area (TPSA) is 9.23 Å². The van der Waals surface area contributed by atoms with E-state index in [4.69, 9.17) is 4.74 Å². The van der Waals surface area contributed by atoms with Gasteiger partial charge in [0.25, 0.3) is 0 Å². The maximum absolute atomic E-state index is 6.14. The van der Waals surface area contributed by atoms with Gasteiger partial charge in [0, 0.05) is 12.8 Å². The van der Waals surface area contributed by atoms with E-state index in [1.165, 1.54) is 19.3 Å². The Hall–Kier alpha value is -0.0400. The van der Waals surface area contributed by atoms with E-state index in [1.54, 1.807) is 0 Å². The molecule has 0 aromatic carbocycles. The molecule has 3 atom stereocenters. The molecule has 0 bridgehead atoms. The predicted molar refractivity (Wildman–Crippen MR) is 66.7 cm³/mol. The quantitative estimate of drug-likeness (QED) is 0.701. The van der Waals surface area contributed by atoms with Crippen molar-refractivity contribution < 1.29 is 4.74 Å². The summed E-state index contributed by atoms with van der Waals surface area (Å²) >= 11 is 0. The Morgan fingerprint density at radius 2 is 1.88 bits per heavy atom. The second-order valence-corrected chi connectivity index (χ2v) is 5.60. The van der Waals surface area contributed by atoms with Crippen molar-refractivity contribution in [3.05, 3.63) is 31.8 Å². The third-order valence-electron chi connectivity index (χ3n) is 3.88. The van der Waals surface area contributed by atoms with Crippen LogP contribution in [0.25, 0.3) is 0 Å². The van der Waals surface area contributed by atoms with Gasteiger partial charge in [0.1, 0.15) is 6.10 Å². The summed E-state index contributed by atoms with van der Waals surface area (Å²) in [5.41, 5.74) is 0. The molecule has 2 aliphatic carbocycles. The van der Waals surface area contributed by atoms with Gasteiger partial charge in [-0.3, -0.25) is 0 Å². The zero-order valence-corrected chi connectivity index (χ0v) is 10.6. The zero-order valence-electron chi connectivity index (χ0n) is 10.6. The lowest BCUT2D eigenvalue weighted by molar-refractivity contribution is -0.0186. The summed E-state index contributed by atoms with van der Waals surface area (Å²) in [6.45, 7) is 6.99. The molecule has 1 nitrogen and oxygen atoms in total. The first-order valence-electron chi connectivity index (χ1n) is 6.55. The van der Waals surface area contributed by atoms with Crippen LogP contribution in [0, 0.1) is 49.5 Å². The van der Waals surface area contributed by atoms with E-state index >= 15 is 0 Å². The number of ether oxygens (including phenoxy) is 1. The van der Waals surface area contributed by atoms with Crippen molar-refractivity contribution in [2.24, 2.45) is 17.8 Å². The number of hydrogen-bond donors (Lipinski definition) is 0. The van der Waals surface area contributed by atoms with Crippen molar-refractivity contribution in [1.82, 2.24) is 0 Å². The van der Waals surface area contributed by atoms with Crippen LogP contribution in [0.4, 0.5) is 0 Å². The maximum atomic E-state index is 6.14. The van der Waals surface area contributed by atoms with Crippen LogP contribution >= 0.6 is 0 Å². The number of rotatable bonds is 3. The third kappa shape index (κ3) is 3.00. The van der Waals surface area contributed by atoms with Gasteiger partial charge < -0.3 is 4.74 Å². The molecule has 0 aromatic rings. The van der Waals surface area contributed by atoms with Crippen LogP contribution in [-0.4, -0.2) is 6.10 Å². The molecule has 1 heteroatoms. The highest BCUT2D eigenvalue weighted by Gasteiger charge is 2.34. The lowest BCUT2D eigenvalue weighted by atomic mass is 9.75. The monoisotopic (exact) mass is 219 g/mol. The highest BCUT2D eigenvalue weighted by atomic mass is 16.5. The Labute approximate surface area is 101 Å². The first-order chi connectivity index (χ1) is 7.66. The molecule has 0 aliphatic heterocycles. The molecule has 2 aliphatic rings. The molecule has 0 heterocycles. The molecule has 0 saturated heterocycles. The van der Waals surface area contributed by atoms with E-state index in [1.807, 2.05) is 12.8 Å². The fraction of sp³-hybridized carbons (Fsp3) is 0.667. The van der Waals surface area contributed by atoms with E-state index in [0.717, 1.165) is 23.9 Å². The van der Waals surface area contributed by atoms with E-state index in [9.17, 15) is 0 Å². The predicted octanol–water partition coefficient (Wildman–Crippen LogP) is 3.83. The van der Waals surface area contributed by atoms with Crippen molar-refractivity contribution >= 4 is 0 Å². The summed E-state index contributed by atoms with van der Waals surface area (Å²) in [5.74, 6) is 2.27. The Kier molecular flexibility index (Phi) is 4.29. The summed E-state index contributed by atoms with van der Waals surface area (Å²) in [4.78, 5) is 0. The highest BCUT2D eigenvalue weighted by Crippen LogP contribution is 2.38. The highest BCUT2D eigenvalue weighted by molar-refractivity contribution is 5.31. The molecule has 0 amide bonds. The molecule has 2 fully saturated rings. The van der Waals surface area contributed by atoms with Crippen LogP contribution in [0.15, 0.2) is 0 Å². The molecule has 0 spiro atoms. The van der Waals surface area contributed by atoms with Crippen molar-refractivity contribution in [1.29, 1.82) is 0 Å². The fourth-order valence-electron chi connectivity index (χ4n) is 2.86. The van der Waals surface area contributed by atoms with Gasteiger partial charge >= 0.3 is 0 Å². The van der Waals surface area contributed by atoms with E-state index in [0.29, 0.717) is 6.10 Å². The first kappa shape index (κ1) is 12.4. The Morgan fingerprint density at radius 1 is 1.19 bits per heavy atom. The van der Waals surface area contributed by atoms with E-state index in [2.05, 4.69) is 33.6 Å². The maximum Gasteiger partial charge on any atom is 0.105 e. The molecule has 16 heavy (non-hydrogen) atoms. The van der Waals surface area contributed by atoms with Gasteiger partial charge in [-0.25, -0.2) is 0 Å². The van der Waals surface area contributed by atoms with Gasteiger partial charge in [0.15, 0.2) is 0 Å². The van der Waals surface area contributed by atoms with Crippen LogP contribution in [0.1, 0.15) is 40.0 Å². The molecule has 2 saturated carbocycles. The molecule has 0 aromatic heterocycles. The van der Waals surface area contributed by atoms with Gasteiger partial charge in [-0.05, 0) is 43.4 Å². The van der Waals surface area contributed by atoms with Gasteiger partial charge in [-0.1, -0.05) is 27.2 Å². The van der Waals surface area contributed by atoms with Crippen molar-refractivity contribution in [3.8, 4) is 0 Å². The van der Waals surface area contributed by atoms with Crippen LogP contribution < -0.4 is 0 Å². The minimum atomic E-state index is 0.422. The largest absolute Gasteiger partial charge is 0.368 e. The normalized spacial score (nSPS) is 37.1. The average molecular weight is 219 g/mol. The molecule has 2 rings (SSSR count). The minimum absolute atomic E-state index is 0.422. The third-order valence-corrected chi connectivity index (χ3v) is 3.88. The Balaban J connectivity index is 1.91. The Bertz CT molecular complexity index is 205. The summed E-state index contributed by atoms with van der Waals surface area (Å²) in [7, 11) is 0. The molecular formula is C15H23O. The van der Waals surface area contributed by atoms with Gasteiger partial charge in [0.2, 0.25) is 0 Å². The first-order valence-corrected chi connectivity index (χ1v) is 6.55. The van der Waals surface area contributed by atoms with E-state index < -0.39 is 0 Å². The van der Waals surface area contributed by atoms with Crippen LogP contribution in [0.2, 0.25) is 0 Å². The smallest absolute Gasteiger partial charge is 0.105 e. The summed E-state index contributed by atoms with van der Waals surface area (Å²) < 4.78 is 6.14. The van der Waals surface area contributed by atoms with Crippen molar-refractivity contribution in [3.63, 3.8) is 0 Å². The van der Waals surface area contributed by atoms with Gasteiger partial charge in [0.05, 0.1) is 6.10 Å². The van der Waals surface area contributed by atoms with E-state index in [-0.39, 0.29) is 0 Å². The summed E-state index contributed by atoms with van der Waals surface area (Å²) in [5, 5.41) is 0. The molecular weight excluding hydrogens is 196 g/mol. The molecule has 89 valence electrons. The molecule has 5 radical (unpaired) electrons. The molecule has 0 N–H and O–H groups in total. The van der Waals surface area contributed by atoms with Gasteiger partial charge in [-0.2, -0.15) is 0 Å². The summed E-state index contributed by atoms with van der Waals surface area (Å²) in [6, 6.07) is 0. The van der Waals surface area contributed by atoms with Crippen molar-refractivity contribution in [2.75, 3.05) is 0 Å².